The molecule has 0 radical (unpaired) electrons. The van der Waals surface area contributed by atoms with Crippen molar-refractivity contribution in [3.05, 3.63) is 72.6 Å². The first kappa shape index (κ1) is 41.3. The number of nitriles is 1. The van der Waals surface area contributed by atoms with Crippen molar-refractivity contribution in [1.29, 1.82) is 5.26 Å². The maximum absolute atomic E-state index is 14.8. The number of nitrogens with zero attached hydrogens (tertiary/aromatic N) is 5. The van der Waals surface area contributed by atoms with E-state index in [2.05, 4.69) is 41.4 Å². The monoisotopic (exact) mass is 799 g/mol. The third-order valence-corrected chi connectivity index (χ3v) is 10.6. The third kappa shape index (κ3) is 8.80. The van der Waals surface area contributed by atoms with Crippen molar-refractivity contribution in [1.82, 2.24) is 40.4 Å². The molecule has 4 N–H and O–H groups in total. The molecule has 0 aliphatic carbocycles. The van der Waals surface area contributed by atoms with Crippen LogP contribution in [0.25, 0.3) is 33.6 Å². The van der Waals surface area contributed by atoms with Crippen LogP contribution >= 0.6 is 0 Å². The largest absolute Gasteiger partial charge is 0.453 e. The van der Waals surface area contributed by atoms with Crippen molar-refractivity contribution in [2.75, 3.05) is 27.3 Å². The van der Waals surface area contributed by atoms with Gasteiger partial charge in [-0.3, -0.25) is 9.59 Å². The number of nitrogens with one attached hydrogen (secondary N) is 4. The van der Waals surface area contributed by atoms with Crippen LogP contribution < -0.4 is 10.6 Å². The molecular formula is C41H47F2N9O6. The van der Waals surface area contributed by atoms with Gasteiger partial charge in [0.05, 0.1) is 68.6 Å². The standard InChI is InChI=1S/C41H47F2N9O6/c1-22(2)33(49-39(55)57-5)37(53)51-20-24(17-44)15-31(51)35-45-18-29(47-35)27-11-7-25(8-12-27)26-9-13-28(14-10-26)30-19-46-36(48-30)32-16-41(42,43)21-52(32)38(54)34(23(3)4)50-40(56)58-6/h7-14,18-19,22-24,31-34H,15-16,20-21H2,1-6H3,(H,45,47)(H,46,48)(H,49,55)(H,50,56)/t24-,31+,32+,33+,34+/m1/s1. The fourth-order valence-corrected chi connectivity index (χ4v) is 7.47. The van der Waals surface area contributed by atoms with Crippen LogP contribution in [0.1, 0.15) is 64.3 Å². The van der Waals surface area contributed by atoms with E-state index in [1.807, 2.05) is 62.4 Å². The van der Waals surface area contributed by atoms with E-state index < -0.39 is 67.1 Å². The Bertz CT molecular complexity index is 2160. The van der Waals surface area contributed by atoms with Gasteiger partial charge in [-0.05, 0) is 40.5 Å². The summed E-state index contributed by atoms with van der Waals surface area (Å²) in [6.07, 6.45) is 1.49. The van der Waals surface area contributed by atoms with Crippen LogP contribution in [-0.4, -0.2) is 99.1 Å². The Morgan fingerprint density at radius 3 is 1.62 bits per heavy atom. The number of carbonyl (C=O) groups excluding carboxylic acids is 4. The number of carbonyl (C=O) groups is 4. The maximum atomic E-state index is 14.8. The number of aromatic amines is 2. The molecule has 4 amide bonds. The number of likely N-dealkylation sites (tertiary alicyclic amines) is 2. The summed E-state index contributed by atoms with van der Waals surface area (Å²) in [7, 11) is 2.40. The summed E-state index contributed by atoms with van der Waals surface area (Å²) in [4.78, 5) is 69.2. The van der Waals surface area contributed by atoms with Gasteiger partial charge in [-0.2, -0.15) is 5.26 Å². The number of imidazole rings is 2. The number of amides is 4. The summed E-state index contributed by atoms with van der Waals surface area (Å²) in [6, 6.07) is 14.3. The number of alkyl carbamates (subject to hydrolysis) is 2. The van der Waals surface area contributed by atoms with Crippen molar-refractivity contribution < 1.29 is 37.4 Å². The first-order chi connectivity index (χ1) is 27.6. The lowest BCUT2D eigenvalue weighted by atomic mass is 10.0. The molecule has 0 saturated carbocycles. The predicted octanol–water partition coefficient (Wildman–Crippen LogP) is 6.22. The number of ether oxygens (including phenoxy) is 2. The normalized spacial score (nSPS) is 19.8. The van der Waals surface area contributed by atoms with Gasteiger partial charge in [0.1, 0.15) is 23.7 Å². The molecule has 58 heavy (non-hydrogen) atoms. The van der Waals surface area contributed by atoms with Crippen molar-refractivity contribution in [2.24, 2.45) is 17.8 Å². The topological polar surface area (TPSA) is 198 Å². The van der Waals surface area contributed by atoms with Crippen molar-refractivity contribution >= 4 is 24.0 Å². The van der Waals surface area contributed by atoms with Gasteiger partial charge in [-0.25, -0.2) is 28.3 Å². The lowest BCUT2D eigenvalue weighted by Crippen LogP contribution is -2.51. The number of H-pyrrole nitrogens is 2. The second kappa shape index (κ2) is 17.0. The fourth-order valence-electron chi connectivity index (χ4n) is 7.47. The third-order valence-electron chi connectivity index (χ3n) is 10.6. The molecular weight excluding hydrogens is 753 g/mol. The average Bonchev–Trinajstić information content (AvgIpc) is 4.04. The van der Waals surface area contributed by atoms with Gasteiger partial charge in [0.15, 0.2) is 0 Å². The molecule has 17 heteroatoms. The highest BCUT2D eigenvalue weighted by molar-refractivity contribution is 5.87. The van der Waals surface area contributed by atoms with Gasteiger partial charge in [-0.1, -0.05) is 76.2 Å². The van der Waals surface area contributed by atoms with E-state index in [9.17, 15) is 33.2 Å². The molecule has 2 aliphatic rings. The molecule has 4 heterocycles. The fraction of sp³-hybridized carbons (Fsp3) is 0.439. The molecule has 0 bridgehead atoms. The maximum Gasteiger partial charge on any atom is 0.407 e. The highest BCUT2D eigenvalue weighted by Crippen LogP contribution is 2.41. The van der Waals surface area contributed by atoms with Crippen molar-refractivity contribution in [3.8, 4) is 39.7 Å². The van der Waals surface area contributed by atoms with Crippen LogP contribution in [0.2, 0.25) is 0 Å². The van der Waals surface area contributed by atoms with Gasteiger partial charge in [0.2, 0.25) is 11.8 Å². The first-order valence-corrected chi connectivity index (χ1v) is 19.0. The number of halogens is 2. The van der Waals surface area contributed by atoms with Crippen LogP contribution in [0.3, 0.4) is 0 Å². The number of aromatic nitrogens is 4. The van der Waals surface area contributed by atoms with Crippen LogP contribution in [-0.2, 0) is 19.1 Å². The zero-order valence-electron chi connectivity index (χ0n) is 33.1. The first-order valence-electron chi connectivity index (χ1n) is 19.0. The van der Waals surface area contributed by atoms with E-state index in [0.29, 0.717) is 17.9 Å². The van der Waals surface area contributed by atoms with E-state index in [4.69, 9.17) is 4.74 Å². The molecule has 2 aromatic carbocycles. The van der Waals surface area contributed by atoms with E-state index >= 15 is 0 Å². The molecule has 2 saturated heterocycles. The van der Waals surface area contributed by atoms with Crippen LogP contribution in [0, 0.1) is 29.1 Å². The number of benzene rings is 2. The molecule has 2 aliphatic heterocycles. The summed E-state index contributed by atoms with van der Waals surface area (Å²) in [6.45, 7) is 6.49. The number of hydrogen-bond donors (Lipinski definition) is 4. The summed E-state index contributed by atoms with van der Waals surface area (Å²) in [5, 5.41) is 14.8. The van der Waals surface area contributed by atoms with Gasteiger partial charge in [-0.15, -0.1) is 0 Å². The minimum absolute atomic E-state index is 0.215. The second-order valence-electron chi connectivity index (χ2n) is 15.3. The Morgan fingerprint density at radius 2 is 1.19 bits per heavy atom. The highest BCUT2D eigenvalue weighted by Gasteiger charge is 2.50. The molecule has 5 atom stereocenters. The van der Waals surface area contributed by atoms with Gasteiger partial charge in [0.25, 0.3) is 5.92 Å². The van der Waals surface area contributed by atoms with Gasteiger partial charge < -0.3 is 39.9 Å². The molecule has 15 nitrogen and oxygen atoms in total. The van der Waals surface area contributed by atoms with Crippen LogP contribution in [0.4, 0.5) is 18.4 Å². The zero-order valence-corrected chi connectivity index (χ0v) is 33.1. The van der Waals surface area contributed by atoms with E-state index in [1.165, 1.54) is 14.2 Å². The van der Waals surface area contributed by atoms with Crippen molar-refractivity contribution in [3.63, 3.8) is 0 Å². The summed E-state index contributed by atoms with van der Waals surface area (Å²) < 4.78 is 38.9. The summed E-state index contributed by atoms with van der Waals surface area (Å²) in [5.74, 6) is -4.33. The van der Waals surface area contributed by atoms with Crippen LogP contribution in [0.15, 0.2) is 60.9 Å². The van der Waals surface area contributed by atoms with E-state index in [0.717, 1.165) is 32.8 Å². The Labute approximate surface area is 334 Å². The molecule has 306 valence electrons. The minimum atomic E-state index is -3.14. The molecule has 2 fully saturated rings. The van der Waals surface area contributed by atoms with Gasteiger partial charge in [0, 0.05) is 13.0 Å². The Balaban J connectivity index is 1.15. The SMILES string of the molecule is COC(=O)N[C@H](C(=O)N1C[C@@H](C#N)C[C@H]1c1ncc(-c2ccc(-c3ccc(-c4cnc([C@@H]5CC(F)(F)CN5C(=O)[C@@H](NC(=O)OC)C(C)C)[nH]4)cc3)cc2)[nH]1)C(C)C. The lowest BCUT2D eigenvalue weighted by molar-refractivity contribution is -0.137. The Kier molecular flexibility index (Phi) is 12.1. The van der Waals surface area contributed by atoms with Gasteiger partial charge >= 0.3 is 12.2 Å². The molecule has 6 rings (SSSR count). The quantitative estimate of drug-likeness (QED) is 0.136. The van der Waals surface area contributed by atoms with Crippen LogP contribution in [0.5, 0.6) is 0 Å². The summed E-state index contributed by atoms with van der Waals surface area (Å²) in [5.41, 5.74) is 4.80. The molecule has 0 spiro atoms. The average molecular weight is 800 g/mol. The molecule has 2 aromatic heterocycles. The Hall–Kier alpha value is -6.31. The number of methoxy groups -OCH3 is 2. The van der Waals surface area contributed by atoms with Crippen molar-refractivity contribution in [2.45, 2.75) is 70.6 Å². The lowest BCUT2D eigenvalue weighted by Gasteiger charge is -2.29. The zero-order chi connectivity index (χ0) is 41.9. The number of rotatable bonds is 11. The highest BCUT2D eigenvalue weighted by atomic mass is 19.3. The minimum Gasteiger partial charge on any atom is -0.453 e. The molecule has 0 unspecified atom stereocenters. The number of hydrogen-bond acceptors (Lipinski definition) is 9. The molecule has 4 aromatic rings. The second-order valence-corrected chi connectivity index (χ2v) is 15.3. The number of alkyl halides is 2. The predicted molar refractivity (Wildman–Crippen MR) is 208 cm³/mol. The smallest absolute Gasteiger partial charge is 0.407 e. The van der Waals surface area contributed by atoms with E-state index in [-0.39, 0.29) is 30.1 Å². The van der Waals surface area contributed by atoms with E-state index in [1.54, 1.807) is 31.1 Å². The summed E-state index contributed by atoms with van der Waals surface area (Å²) >= 11 is 0. The Morgan fingerprint density at radius 1 is 0.759 bits per heavy atom.